The zero-order chi connectivity index (χ0) is 15.7. The molecular weight excluding hydrogens is 284 g/mol. The molecule has 21 heavy (non-hydrogen) atoms. The quantitative estimate of drug-likeness (QED) is 0.430. The van der Waals surface area contributed by atoms with Crippen LogP contribution in [0.1, 0.15) is 23.7 Å². The monoisotopic (exact) mass is 300 g/mol. The lowest BCUT2D eigenvalue weighted by atomic mass is 10.2. The maximum atomic E-state index is 11.8. The Balaban J connectivity index is 2.58. The van der Waals surface area contributed by atoms with Gasteiger partial charge in [0.15, 0.2) is 11.5 Å². The standard InChI is InChI=1S/C13H16O8/c1-4-8-18-13(15)20-21-19-12(14)9-6-5-7-10(16-2)11(9)17-3/h5-7H,4,8H2,1-3H3. The maximum Gasteiger partial charge on any atom is 0.543 e. The van der Waals surface area contributed by atoms with Crippen molar-refractivity contribution in [1.29, 1.82) is 0 Å². The summed E-state index contributed by atoms with van der Waals surface area (Å²) in [5.74, 6) is -0.411. The van der Waals surface area contributed by atoms with Gasteiger partial charge < -0.3 is 14.2 Å². The van der Waals surface area contributed by atoms with E-state index < -0.39 is 12.1 Å². The van der Waals surface area contributed by atoms with E-state index in [1.807, 2.05) is 6.92 Å². The van der Waals surface area contributed by atoms with Crippen LogP contribution < -0.4 is 9.47 Å². The second-order valence-corrected chi connectivity index (χ2v) is 3.66. The van der Waals surface area contributed by atoms with Crippen molar-refractivity contribution in [2.45, 2.75) is 13.3 Å². The molecule has 1 aromatic rings. The van der Waals surface area contributed by atoms with Crippen LogP contribution in [0.15, 0.2) is 18.2 Å². The molecule has 0 unspecified atom stereocenters. The molecule has 0 spiro atoms. The van der Waals surface area contributed by atoms with Crippen molar-refractivity contribution in [2.75, 3.05) is 20.8 Å². The Bertz CT molecular complexity index is 485. The minimum absolute atomic E-state index is 0.0439. The molecule has 0 N–H and O–H groups in total. The summed E-state index contributed by atoms with van der Waals surface area (Å²) in [7, 11) is 2.80. The van der Waals surface area contributed by atoms with Crippen molar-refractivity contribution in [1.82, 2.24) is 0 Å². The van der Waals surface area contributed by atoms with E-state index in [4.69, 9.17) is 9.47 Å². The Kier molecular flexibility index (Phi) is 6.82. The number of rotatable bonds is 7. The largest absolute Gasteiger partial charge is 0.543 e. The van der Waals surface area contributed by atoms with Gasteiger partial charge >= 0.3 is 12.1 Å². The van der Waals surface area contributed by atoms with Gasteiger partial charge in [0.1, 0.15) is 5.56 Å². The lowest BCUT2D eigenvalue weighted by Crippen LogP contribution is -2.13. The Morgan fingerprint density at radius 2 is 1.86 bits per heavy atom. The van der Waals surface area contributed by atoms with E-state index in [0.29, 0.717) is 12.2 Å². The molecule has 0 saturated carbocycles. The Morgan fingerprint density at radius 3 is 2.48 bits per heavy atom. The van der Waals surface area contributed by atoms with Gasteiger partial charge in [-0.2, -0.15) is 0 Å². The molecule has 0 aliphatic rings. The van der Waals surface area contributed by atoms with E-state index in [-0.39, 0.29) is 17.9 Å². The molecule has 8 nitrogen and oxygen atoms in total. The van der Waals surface area contributed by atoms with Gasteiger partial charge in [0.25, 0.3) is 0 Å². The highest BCUT2D eigenvalue weighted by molar-refractivity contribution is 5.93. The average Bonchev–Trinajstić information content (AvgIpc) is 2.51. The molecule has 1 aromatic carbocycles. The maximum absolute atomic E-state index is 11.8. The van der Waals surface area contributed by atoms with Crippen molar-refractivity contribution in [3.8, 4) is 11.5 Å². The smallest absolute Gasteiger partial charge is 0.493 e. The van der Waals surface area contributed by atoms with Gasteiger partial charge in [-0.05, 0) is 18.6 Å². The van der Waals surface area contributed by atoms with E-state index in [2.05, 4.69) is 19.6 Å². The number of ether oxygens (including phenoxy) is 3. The third-order valence-electron chi connectivity index (χ3n) is 2.26. The van der Waals surface area contributed by atoms with E-state index >= 15 is 0 Å². The van der Waals surface area contributed by atoms with Gasteiger partial charge in [0.2, 0.25) is 0 Å². The number of hydrogen-bond donors (Lipinski definition) is 0. The van der Waals surface area contributed by atoms with Crippen LogP contribution in [0.25, 0.3) is 0 Å². The van der Waals surface area contributed by atoms with E-state index in [9.17, 15) is 9.59 Å². The molecule has 0 atom stereocenters. The highest BCUT2D eigenvalue weighted by Gasteiger charge is 2.19. The molecule has 0 bridgehead atoms. The van der Waals surface area contributed by atoms with Crippen molar-refractivity contribution in [3.63, 3.8) is 0 Å². The minimum Gasteiger partial charge on any atom is -0.493 e. The molecule has 116 valence electrons. The molecule has 0 heterocycles. The lowest BCUT2D eigenvalue weighted by Gasteiger charge is -2.10. The molecule has 0 amide bonds. The molecule has 0 aliphatic carbocycles. The highest BCUT2D eigenvalue weighted by Crippen LogP contribution is 2.31. The van der Waals surface area contributed by atoms with Crippen LogP contribution in [0.3, 0.4) is 0 Å². The lowest BCUT2D eigenvalue weighted by molar-refractivity contribution is -0.452. The predicted octanol–water partition coefficient (Wildman–Crippen LogP) is 2.27. The zero-order valence-corrected chi connectivity index (χ0v) is 11.9. The summed E-state index contributed by atoms with van der Waals surface area (Å²) in [6, 6.07) is 4.60. The Morgan fingerprint density at radius 1 is 1.10 bits per heavy atom. The fourth-order valence-corrected chi connectivity index (χ4v) is 1.38. The SMILES string of the molecule is CCCOC(=O)OOOC(=O)c1cccc(OC)c1OC. The van der Waals surface area contributed by atoms with Crippen molar-refractivity contribution in [2.24, 2.45) is 0 Å². The van der Waals surface area contributed by atoms with Crippen LogP contribution in [0, 0.1) is 0 Å². The van der Waals surface area contributed by atoms with Crippen molar-refractivity contribution >= 4 is 12.1 Å². The first-order valence-corrected chi connectivity index (χ1v) is 6.07. The van der Waals surface area contributed by atoms with Crippen molar-refractivity contribution < 1.29 is 38.6 Å². The number of benzene rings is 1. The number of carbonyl (C=O) groups is 2. The number of para-hydroxylation sites is 1. The van der Waals surface area contributed by atoms with E-state index in [0.717, 1.165) is 0 Å². The molecule has 0 aliphatic heterocycles. The molecule has 0 radical (unpaired) electrons. The van der Waals surface area contributed by atoms with E-state index in [1.165, 1.54) is 20.3 Å². The van der Waals surface area contributed by atoms with Gasteiger partial charge in [-0.3, -0.25) is 4.89 Å². The number of methoxy groups -OCH3 is 2. The molecule has 0 fully saturated rings. The first-order valence-electron chi connectivity index (χ1n) is 6.07. The number of hydrogen-bond acceptors (Lipinski definition) is 8. The molecule has 0 aromatic heterocycles. The van der Waals surface area contributed by atoms with Crippen LogP contribution in [0.5, 0.6) is 11.5 Å². The van der Waals surface area contributed by atoms with Gasteiger partial charge in [-0.1, -0.05) is 13.0 Å². The molecule has 0 saturated heterocycles. The van der Waals surface area contributed by atoms with Crippen LogP contribution in [-0.4, -0.2) is 33.0 Å². The molecular formula is C13H16O8. The second-order valence-electron chi connectivity index (χ2n) is 3.66. The Labute approximate surface area is 121 Å². The first-order chi connectivity index (χ1) is 10.1. The topological polar surface area (TPSA) is 89.5 Å². The van der Waals surface area contributed by atoms with Crippen molar-refractivity contribution in [3.05, 3.63) is 23.8 Å². The van der Waals surface area contributed by atoms with E-state index in [1.54, 1.807) is 12.1 Å². The van der Waals surface area contributed by atoms with Crippen LogP contribution in [0.2, 0.25) is 0 Å². The van der Waals surface area contributed by atoms with Gasteiger partial charge in [0.05, 0.1) is 25.9 Å². The summed E-state index contributed by atoms with van der Waals surface area (Å²) < 4.78 is 14.6. The third-order valence-corrected chi connectivity index (χ3v) is 2.26. The fraction of sp³-hybridized carbons (Fsp3) is 0.385. The van der Waals surface area contributed by atoms with Crippen LogP contribution in [0.4, 0.5) is 4.79 Å². The summed E-state index contributed by atoms with van der Waals surface area (Å²) in [6.07, 6.45) is -0.488. The summed E-state index contributed by atoms with van der Waals surface area (Å²) in [5.41, 5.74) is 0.0439. The second kappa shape index (κ2) is 8.64. The minimum atomic E-state index is -1.11. The average molecular weight is 300 g/mol. The normalized spacial score (nSPS) is 9.67. The first kappa shape index (κ1) is 16.6. The Hall–Kier alpha value is -2.48. The number of carbonyl (C=O) groups excluding carboxylic acids is 2. The summed E-state index contributed by atoms with van der Waals surface area (Å²) >= 11 is 0. The molecule has 8 heteroatoms. The highest BCUT2D eigenvalue weighted by atomic mass is 17.5. The predicted molar refractivity (Wildman–Crippen MR) is 68.8 cm³/mol. The van der Waals surface area contributed by atoms with Gasteiger partial charge in [-0.25, -0.2) is 14.5 Å². The summed E-state index contributed by atoms with van der Waals surface area (Å²) in [6.45, 7) is 1.98. The fourth-order valence-electron chi connectivity index (χ4n) is 1.38. The van der Waals surface area contributed by atoms with Gasteiger partial charge in [-0.15, -0.1) is 0 Å². The summed E-state index contributed by atoms with van der Waals surface area (Å²) in [5, 5.41) is 4.06. The van der Waals surface area contributed by atoms with Crippen LogP contribution in [-0.2, 0) is 19.6 Å². The van der Waals surface area contributed by atoms with Crippen LogP contribution >= 0.6 is 0 Å². The molecule has 1 rings (SSSR count). The summed E-state index contributed by atoms with van der Waals surface area (Å²) in [4.78, 5) is 31.1. The zero-order valence-electron chi connectivity index (χ0n) is 11.9. The van der Waals surface area contributed by atoms with Gasteiger partial charge in [0, 0.05) is 0 Å². The third kappa shape index (κ3) is 4.84.